The van der Waals surface area contributed by atoms with Crippen LogP contribution in [0.25, 0.3) is 0 Å². The highest BCUT2D eigenvalue weighted by molar-refractivity contribution is 5.78. The molecule has 0 heterocycles. The van der Waals surface area contributed by atoms with Gasteiger partial charge in [-0.3, -0.25) is 4.79 Å². The van der Waals surface area contributed by atoms with Gasteiger partial charge in [0.05, 0.1) is 6.04 Å². The second kappa shape index (κ2) is 6.44. The van der Waals surface area contributed by atoms with E-state index in [-0.39, 0.29) is 17.9 Å². The molecular formula is C13H18F2N2O. The van der Waals surface area contributed by atoms with Crippen molar-refractivity contribution in [3.63, 3.8) is 0 Å². The van der Waals surface area contributed by atoms with Crippen LogP contribution in [0.3, 0.4) is 0 Å². The lowest BCUT2D eigenvalue weighted by Gasteiger charge is -2.17. The smallest absolute Gasteiger partial charge is 0.223 e. The first-order valence-corrected chi connectivity index (χ1v) is 5.91. The van der Waals surface area contributed by atoms with Gasteiger partial charge in [-0.15, -0.1) is 0 Å². The lowest BCUT2D eigenvalue weighted by molar-refractivity contribution is -0.125. The SMILES string of the molecule is CC(CCN)C(=O)NC(C)c1ccc(F)c(F)c1. The molecule has 0 aliphatic rings. The number of hydrogen-bond acceptors (Lipinski definition) is 2. The Morgan fingerprint density at radius 1 is 1.33 bits per heavy atom. The van der Waals surface area contributed by atoms with E-state index in [1.165, 1.54) is 6.07 Å². The molecule has 0 saturated carbocycles. The molecular weight excluding hydrogens is 238 g/mol. The zero-order valence-electron chi connectivity index (χ0n) is 10.5. The van der Waals surface area contributed by atoms with E-state index in [0.717, 1.165) is 12.1 Å². The third kappa shape index (κ3) is 3.77. The number of carbonyl (C=O) groups excluding carboxylic acids is 1. The van der Waals surface area contributed by atoms with Crippen molar-refractivity contribution in [1.82, 2.24) is 5.32 Å². The summed E-state index contributed by atoms with van der Waals surface area (Å²) in [6, 6.07) is 3.23. The average Bonchev–Trinajstić information content (AvgIpc) is 2.32. The molecule has 100 valence electrons. The van der Waals surface area contributed by atoms with Gasteiger partial charge in [-0.05, 0) is 37.6 Å². The molecule has 0 bridgehead atoms. The van der Waals surface area contributed by atoms with Crippen LogP contribution in [-0.2, 0) is 4.79 Å². The van der Waals surface area contributed by atoms with Crippen LogP contribution < -0.4 is 11.1 Å². The summed E-state index contributed by atoms with van der Waals surface area (Å²) in [5, 5.41) is 2.74. The topological polar surface area (TPSA) is 55.1 Å². The summed E-state index contributed by atoms with van der Waals surface area (Å²) in [5.74, 6) is -2.14. The highest BCUT2D eigenvalue weighted by atomic mass is 19.2. The molecule has 0 saturated heterocycles. The molecule has 18 heavy (non-hydrogen) atoms. The van der Waals surface area contributed by atoms with Gasteiger partial charge in [0.15, 0.2) is 11.6 Å². The van der Waals surface area contributed by atoms with Gasteiger partial charge in [0.25, 0.3) is 0 Å². The van der Waals surface area contributed by atoms with E-state index < -0.39 is 11.6 Å². The van der Waals surface area contributed by atoms with Gasteiger partial charge in [-0.2, -0.15) is 0 Å². The van der Waals surface area contributed by atoms with Crippen LogP contribution in [-0.4, -0.2) is 12.5 Å². The second-order valence-corrected chi connectivity index (χ2v) is 4.38. The molecule has 0 aliphatic heterocycles. The number of nitrogens with two attached hydrogens (primary N) is 1. The van der Waals surface area contributed by atoms with Gasteiger partial charge in [0.2, 0.25) is 5.91 Å². The molecule has 0 radical (unpaired) electrons. The largest absolute Gasteiger partial charge is 0.349 e. The van der Waals surface area contributed by atoms with Crippen LogP contribution in [0.2, 0.25) is 0 Å². The molecule has 1 rings (SSSR count). The van der Waals surface area contributed by atoms with Crippen LogP contribution in [0.4, 0.5) is 8.78 Å². The number of nitrogens with one attached hydrogen (secondary N) is 1. The minimum absolute atomic E-state index is 0.141. The number of halogens is 2. The van der Waals surface area contributed by atoms with Crippen LogP contribution >= 0.6 is 0 Å². The van der Waals surface area contributed by atoms with Gasteiger partial charge in [0, 0.05) is 5.92 Å². The highest BCUT2D eigenvalue weighted by Crippen LogP contribution is 2.16. The van der Waals surface area contributed by atoms with E-state index in [0.29, 0.717) is 18.5 Å². The molecule has 3 N–H and O–H groups in total. The number of benzene rings is 1. The Morgan fingerprint density at radius 3 is 2.56 bits per heavy atom. The van der Waals surface area contributed by atoms with E-state index in [2.05, 4.69) is 5.32 Å². The summed E-state index contributed by atoms with van der Waals surface area (Å²) < 4.78 is 25.8. The van der Waals surface area contributed by atoms with Crippen molar-refractivity contribution in [2.45, 2.75) is 26.3 Å². The molecule has 0 fully saturated rings. The summed E-state index contributed by atoms with van der Waals surface area (Å²) in [4.78, 5) is 11.7. The highest BCUT2D eigenvalue weighted by Gasteiger charge is 2.16. The number of hydrogen-bond donors (Lipinski definition) is 2. The van der Waals surface area contributed by atoms with Crippen LogP contribution in [0.15, 0.2) is 18.2 Å². The van der Waals surface area contributed by atoms with Crippen molar-refractivity contribution in [2.75, 3.05) is 6.54 Å². The molecule has 1 amide bonds. The monoisotopic (exact) mass is 256 g/mol. The Hall–Kier alpha value is -1.49. The van der Waals surface area contributed by atoms with Crippen molar-refractivity contribution in [3.8, 4) is 0 Å². The zero-order valence-corrected chi connectivity index (χ0v) is 10.5. The van der Waals surface area contributed by atoms with Gasteiger partial charge in [0.1, 0.15) is 0 Å². The van der Waals surface area contributed by atoms with Gasteiger partial charge in [-0.1, -0.05) is 13.0 Å². The molecule has 0 aliphatic carbocycles. The normalized spacial score (nSPS) is 14.1. The van der Waals surface area contributed by atoms with E-state index in [1.807, 2.05) is 0 Å². The van der Waals surface area contributed by atoms with Crippen LogP contribution in [0, 0.1) is 17.6 Å². The minimum Gasteiger partial charge on any atom is -0.349 e. The lowest BCUT2D eigenvalue weighted by atomic mass is 10.0. The van der Waals surface area contributed by atoms with Crippen molar-refractivity contribution < 1.29 is 13.6 Å². The van der Waals surface area contributed by atoms with Crippen molar-refractivity contribution >= 4 is 5.91 Å². The third-order valence-electron chi connectivity index (χ3n) is 2.85. The molecule has 0 spiro atoms. The fraction of sp³-hybridized carbons (Fsp3) is 0.462. The minimum atomic E-state index is -0.913. The number of amides is 1. The lowest BCUT2D eigenvalue weighted by Crippen LogP contribution is -2.32. The van der Waals surface area contributed by atoms with Crippen LogP contribution in [0.5, 0.6) is 0 Å². The predicted octanol–water partition coefficient (Wildman–Crippen LogP) is 2.13. The first-order chi connectivity index (χ1) is 8.45. The predicted molar refractivity (Wildman–Crippen MR) is 65.8 cm³/mol. The number of carbonyl (C=O) groups is 1. The van der Waals surface area contributed by atoms with Gasteiger partial charge >= 0.3 is 0 Å². The summed E-state index contributed by atoms with van der Waals surface area (Å²) in [7, 11) is 0. The maximum atomic E-state index is 13.1. The zero-order chi connectivity index (χ0) is 13.7. The summed E-state index contributed by atoms with van der Waals surface area (Å²) in [5.41, 5.74) is 5.90. The van der Waals surface area contributed by atoms with Gasteiger partial charge in [-0.25, -0.2) is 8.78 Å². The fourth-order valence-electron chi connectivity index (χ4n) is 1.60. The number of rotatable bonds is 5. The summed E-state index contributed by atoms with van der Waals surface area (Å²) in [6.07, 6.45) is 0.594. The van der Waals surface area contributed by atoms with E-state index in [1.54, 1.807) is 13.8 Å². The standard InChI is InChI=1S/C13H18F2N2O/c1-8(5-6-16)13(18)17-9(2)10-3-4-11(14)12(15)7-10/h3-4,7-9H,5-6,16H2,1-2H3,(H,17,18). The Balaban J connectivity index is 2.67. The molecule has 1 aromatic carbocycles. The Kier molecular flexibility index (Phi) is 5.22. The quantitative estimate of drug-likeness (QED) is 0.848. The van der Waals surface area contributed by atoms with Crippen molar-refractivity contribution in [2.24, 2.45) is 11.7 Å². The maximum Gasteiger partial charge on any atom is 0.223 e. The van der Waals surface area contributed by atoms with Gasteiger partial charge < -0.3 is 11.1 Å². The summed E-state index contributed by atoms with van der Waals surface area (Å²) in [6.45, 7) is 3.94. The Morgan fingerprint density at radius 2 is 2.00 bits per heavy atom. The molecule has 2 atom stereocenters. The first kappa shape index (κ1) is 14.6. The second-order valence-electron chi connectivity index (χ2n) is 4.38. The van der Waals surface area contributed by atoms with Crippen LogP contribution in [0.1, 0.15) is 31.9 Å². The van der Waals surface area contributed by atoms with Crippen molar-refractivity contribution in [1.29, 1.82) is 0 Å². The summed E-state index contributed by atoms with van der Waals surface area (Å²) >= 11 is 0. The Labute approximate surface area is 105 Å². The molecule has 2 unspecified atom stereocenters. The average molecular weight is 256 g/mol. The first-order valence-electron chi connectivity index (χ1n) is 5.91. The van der Waals surface area contributed by atoms with Crippen molar-refractivity contribution in [3.05, 3.63) is 35.4 Å². The molecule has 3 nitrogen and oxygen atoms in total. The fourth-order valence-corrected chi connectivity index (χ4v) is 1.60. The molecule has 5 heteroatoms. The van der Waals surface area contributed by atoms with E-state index in [4.69, 9.17) is 5.73 Å². The molecule has 0 aromatic heterocycles. The Bertz CT molecular complexity index is 423. The maximum absolute atomic E-state index is 13.1. The third-order valence-corrected chi connectivity index (χ3v) is 2.85. The van der Waals surface area contributed by atoms with E-state index in [9.17, 15) is 13.6 Å². The molecule has 1 aromatic rings. The van der Waals surface area contributed by atoms with E-state index >= 15 is 0 Å².